The Balaban J connectivity index is 1.80. The summed E-state index contributed by atoms with van der Waals surface area (Å²) in [5, 5.41) is 4.34. The summed E-state index contributed by atoms with van der Waals surface area (Å²) in [6.45, 7) is 0.680. The minimum atomic E-state index is 0.680. The SMILES string of the molecule is c1ccc(CC2=NNCN2c2ccccn2)cc1. The van der Waals surface area contributed by atoms with E-state index in [4.69, 9.17) is 0 Å². The maximum atomic E-state index is 4.36. The zero-order valence-corrected chi connectivity index (χ0v) is 9.95. The molecule has 0 saturated carbocycles. The topological polar surface area (TPSA) is 40.5 Å². The molecule has 0 spiro atoms. The Bertz CT molecular complexity index is 536. The average Bonchev–Trinajstić information content (AvgIpc) is 2.89. The van der Waals surface area contributed by atoms with Crippen molar-refractivity contribution < 1.29 is 0 Å². The third-order valence-electron chi connectivity index (χ3n) is 2.88. The number of amidine groups is 1. The highest BCUT2D eigenvalue weighted by atomic mass is 15.5. The largest absolute Gasteiger partial charge is 0.293 e. The summed E-state index contributed by atoms with van der Waals surface area (Å²) in [5.41, 5.74) is 4.27. The van der Waals surface area contributed by atoms with E-state index in [1.807, 2.05) is 36.4 Å². The number of aromatic nitrogens is 1. The third kappa shape index (κ3) is 2.18. The van der Waals surface area contributed by atoms with Crippen molar-refractivity contribution in [2.75, 3.05) is 11.6 Å². The Kier molecular flexibility index (Phi) is 2.92. The average molecular weight is 238 g/mol. The van der Waals surface area contributed by atoms with E-state index in [9.17, 15) is 0 Å². The summed E-state index contributed by atoms with van der Waals surface area (Å²) in [4.78, 5) is 6.45. The van der Waals surface area contributed by atoms with Crippen LogP contribution in [0.5, 0.6) is 0 Å². The maximum absolute atomic E-state index is 4.36. The van der Waals surface area contributed by atoms with Crippen LogP contribution in [0.1, 0.15) is 5.56 Å². The minimum absolute atomic E-state index is 0.680. The molecule has 1 aliphatic rings. The van der Waals surface area contributed by atoms with Crippen molar-refractivity contribution in [2.24, 2.45) is 5.10 Å². The molecule has 0 aliphatic carbocycles. The lowest BCUT2D eigenvalue weighted by molar-refractivity contribution is 0.802. The van der Waals surface area contributed by atoms with Gasteiger partial charge in [0.2, 0.25) is 0 Å². The van der Waals surface area contributed by atoms with E-state index in [1.165, 1.54) is 5.56 Å². The number of rotatable bonds is 3. The molecule has 1 aliphatic heterocycles. The van der Waals surface area contributed by atoms with Gasteiger partial charge in [0.15, 0.2) is 0 Å². The van der Waals surface area contributed by atoms with Gasteiger partial charge in [-0.25, -0.2) is 4.98 Å². The van der Waals surface area contributed by atoms with Crippen LogP contribution >= 0.6 is 0 Å². The van der Waals surface area contributed by atoms with Gasteiger partial charge >= 0.3 is 0 Å². The van der Waals surface area contributed by atoms with Crippen LogP contribution in [0, 0.1) is 0 Å². The Morgan fingerprint density at radius 3 is 2.67 bits per heavy atom. The summed E-state index contributed by atoms with van der Waals surface area (Å²) in [6, 6.07) is 16.2. The lowest BCUT2D eigenvalue weighted by Gasteiger charge is -2.17. The van der Waals surface area contributed by atoms with Crippen LogP contribution in [0.25, 0.3) is 0 Å². The molecular weight excluding hydrogens is 224 g/mol. The van der Waals surface area contributed by atoms with Crippen molar-refractivity contribution in [1.29, 1.82) is 0 Å². The van der Waals surface area contributed by atoms with Crippen LogP contribution in [0.3, 0.4) is 0 Å². The van der Waals surface area contributed by atoms with Gasteiger partial charge in [0.25, 0.3) is 0 Å². The van der Waals surface area contributed by atoms with Gasteiger partial charge in [-0.2, -0.15) is 5.10 Å². The van der Waals surface area contributed by atoms with Gasteiger partial charge < -0.3 is 0 Å². The number of anilines is 1. The molecule has 4 heteroatoms. The fourth-order valence-corrected chi connectivity index (χ4v) is 1.99. The monoisotopic (exact) mass is 238 g/mol. The first-order valence-corrected chi connectivity index (χ1v) is 5.95. The van der Waals surface area contributed by atoms with Crippen molar-refractivity contribution in [3.63, 3.8) is 0 Å². The van der Waals surface area contributed by atoms with Gasteiger partial charge in [-0.15, -0.1) is 0 Å². The molecule has 1 aromatic heterocycles. The van der Waals surface area contributed by atoms with Gasteiger partial charge in [0.1, 0.15) is 18.3 Å². The van der Waals surface area contributed by atoms with Crippen molar-refractivity contribution >= 4 is 11.7 Å². The smallest absolute Gasteiger partial charge is 0.136 e. The highest BCUT2D eigenvalue weighted by Gasteiger charge is 2.19. The Morgan fingerprint density at radius 1 is 1.06 bits per heavy atom. The molecule has 0 atom stereocenters. The third-order valence-corrected chi connectivity index (χ3v) is 2.88. The molecule has 2 heterocycles. The van der Waals surface area contributed by atoms with Gasteiger partial charge in [0, 0.05) is 12.6 Å². The molecule has 0 unspecified atom stereocenters. The number of nitrogens with zero attached hydrogens (tertiary/aromatic N) is 3. The molecule has 2 aromatic rings. The molecule has 0 fully saturated rings. The molecule has 1 aromatic carbocycles. The Labute approximate surface area is 106 Å². The zero-order valence-electron chi connectivity index (χ0n) is 9.95. The second-order valence-electron chi connectivity index (χ2n) is 4.12. The molecule has 0 amide bonds. The molecule has 0 radical (unpaired) electrons. The lowest BCUT2D eigenvalue weighted by atomic mass is 10.1. The van der Waals surface area contributed by atoms with E-state index in [0.717, 1.165) is 18.1 Å². The first-order chi connectivity index (χ1) is 8.93. The normalized spacial score (nSPS) is 14.2. The zero-order chi connectivity index (χ0) is 12.2. The van der Waals surface area contributed by atoms with Gasteiger partial charge in [0.05, 0.1) is 0 Å². The van der Waals surface area contributed by atoms with E-state index in [0.29, 0.717) is 6.67 Å². The molecule has 18 heavy (non-hydrogen) atoms. The molecule has 0 saturated heterocycles. The van der Waals surface area contributed by atoms with E-state index < -0.39 is 0 Å². The van der Waals surface area contributed by atoms with E-state index in [1.54, 1.807) is 6.20 Å². The number of nitrogens with one attached hydrogen (secondary N) is 1. The first kappa shape index (κ1) is 10.8. The highest BCUT2D eigenvalue weighted by Crippen LogP contribution is 2.14. The minimum Gasteiger partial charge on any atom is -0.293 e. The van der Waals surface area contributed by atoms with Crippen LogP contribution in [0.4, 0.5) is 5.82 Å². The van der Waals surface area contributed by atoms with Crippen LogP contribution in [-0.2, 0) is 6.42 Å². The quantitative estimate of drug-likeness (QED) is 0.889. The molecule has 0 bridgehead atoms. The Morgan fingerprint density at radius 2 is 1.89 bits per heavy atom. The fraction of sp³-hybridized carbons (Fsp3) is 0.143. The van der Waals surface area contributed by atoms with Crippen molar-refractivity contribution in [2.45, 2.75) is 6.42 Å². The summed E-state index contributed by atoms with van der Waals surface area (Å²) < 4.78 is 0. The van der Waals surface area contributed by atoms with Gasteiger partial charge in [-0.3, -0.25) is 10.3 Å². The number of hydrogen-bond acceptors (Lipinski definition) is 4. The lowest BCUT2D eigenvalue weighted by Crippen LogP contribution is -2.31. The van der Waals surface area contributed by atoms with E-state index in [-0.39, 0.29) is 0 Å². The summed E-state index contributed by atoms with van der Waals surface area (Å²) >= 11 is 0. The number of pyridine rings is 1. The Hall–Kier alpha value is -2.36. The molecular formula is C14H14N4. The van der Waals surface area contributed by atoms with Crippen LogP contribution in [0.15, 0.2) is 59.8 Å². The van der Waals surface area contributed by atoms with E-state index >= 15 is 0 Å². The van der Waals surface area contributed by atoms with Crippen LogP contribution in [0.2, 0.25) is 0 Å². The second-order valence-corrected chi connectivity index (χ2v) is 4.12. The fourth-order valence-electron chi connectivity index (χ4n) is 1.99. The predicted octanol–water partition coefficient (Wildman–Crippen LogP) is 2.00. The van der Waals surface area contributed by atoms with Crippen LogP contribution in [-0.4, -0.2) is 17.5 Å². The number of hydrazone groups is 1. The summed E-state index contributed by atoms with van der Waals surface area (Å²) in [6.07, 6.45) is 2.61. The van der Waals surface area contributed by atoms with Gasteiger partial charge in [-0.05, 0) is 17.7 Å². The standard InChI is InChI=1S/C14H14N4/c1-2-6-12(7-3-1)10-14-17-16-11-18(14)13-8-4-5-9-15-13/h1-9,16H,10-11H2. The number of benzene rings is 1. The van der Waals surface area contributed by atoms with Crippen molar-refractivity contribution in [3.05, 3.63) is 60.3 Å². The number of hydrogen-bond donors (Lipinski definition) is 1. The summed E-state index contributed by atoms with van der Waals surface area (Å²) in [7, 11) is 0. The summed E-state index contributed by atoms with van der Waals surface area (Å²) in [5.74, 6) is 1.93. The first-order valence-electron chi connectivity index (χ1n) is 5.95. The second kappa shape index (κ2) is 4.87. The molecule has 3 rings (SSSR count). The molecule has 90 valence electrons. The molecule has 4 nitrogen and oxygen atoms in total. The van der Waals surface area contributed by atoms with Gasteiger partial charge in [-0.1, -0.05) is 36.4 Å². The van der Waals surface area contributed by atoms with Crippen molar-refractivity contribution in [3.8, 4) is 0 Å². The maximum Gasteiger partial charge on any atom is 0.136 e. The highest BCUT2D eigenvalue weighted by molar-refractivity contribution is 5.99. The molecule has 1 N–H and O–H groups in total. The van der Waals surface area contributed by atoms with Crippen LogP contribution < -0.4 is 10.3 Å². The van der Waals surface area contributed by atoms with E-state index in [2.05, 4.69) is 32.5 Å². The van der Waals surface area contributed by atoms with Crippen molar-refractivity contribution in [1.82, 2.24) is 10.4 Å². The predicted molar refractivity (Wildman–Crippen MR) is 72.3 cm³/mol.